The van der Waals surface area contributed by atoms with Crippen LogP contribution in [0.2, 0.25) is 0 Å². The summed E-state index contributed by atoms with van der Waals surface area (Å²) < 4.78 is 22.7. The Balaban J connectivity index is 2.09. The molecule has 0 saturated carbocycles. The van der Waals surface area contributed by atoms with E-state index in [1.807, 2.05) is 4.90 Å². The van der Waals surface area contributed by atoms with Gasteiger partial charge in [0, 0.05) is 12.1 Å². The molecule has 0 bridgehead atoms. The lowest BCUT2D eigenvalue weighted by molar-refractivity contribution is -0.137. The molecule has 1 unspecified atom stereocenters. The largest absolute Gasteiger partial charge is 0.337 e. The summed E-state index contributed by atoms with van der Waals surface area (Å²) in [6, 6.07) is 0. The number of likely N-dealkylation sites (tertiary alicyclic amines) is 1. The first kappa shape index (κ1) is 11.9. The normalized spacial score (nSPS) is 31.9. The van der Waals surface area contributed by atoms with Crippen LogP contribution < -0.4 is 0 Å². The lowest BCUT2D eigenvalue weighted by Crippen LogP contribution is -2.45. The molecule has 2 saturated heterocycles. The Morgan fingerprint density at radius 1 is 1.38 bits per heavy atom. The molecule has 5 heteroatoms. The topological polar surface area (TPSA) is 54.5 Å². The minimum Gasteiger partial charge on any atom is -0.337 e. The number of sulfone groups is 1. The quantitative estimate of drug-likeness (QED) is 0.687. The average molecular weight is 245 g/mol. The molecule has 2 aliphatic heterocycles. The molecule has 0 aromatic carbocycles. The van der Waals surface area contributed by atoms with Gasteiger partial charge >= 0.3 is 0 Å². The second-order valence-electron chi connectivity index (χ2n) is 5.51. The molecule has 1 amide bonds. The fraction of sp³-hybridized carbons (Fsp3) is 0.909. The van der Waals surface area contributed by atoms with Crippen LogP contribution in [0.3, 0.4) is 0 Å². The summed E-state index contributed by atoms with van der Waals surface area (Å²) in [6.07, 6.45) is 2.55. The molecule has 0 spiro atoms. The molecular weight excluding hydrogens is 226 g/mol. The Kier molecular flexibility index (Phi) is 2.77. The van der Waals surface area contributed by atoms with Crippen molar-refractivity contribution < 1.29 is 13.2 Å². The minimum absolute atomic E-state index is 0.0450. The Morgan fingerprint density at radius 2 is 2.06 bits per heavy atom. The second kappa shape index (κ2) is 3.72. The fourth-order valence-corrected chi connectivity index (χ4v) is 4.46. The van der Waals surface area contributed by atoms with E-state index in [2.05, 4.69) is 13.8 Å². The van der Waals surface area contributed by atoms with E-state index in [0.29, 0.717) is 6.42 Å². The van der Waals surface area contributed by atoms with Gasteiger partial charge in [0.05, 0.1) is 17.4 Å². The van der Waals surface area contributed by atoms with Gasteiger partial charge in [0.25, 0.3) is 0 Å². The molecule has 0 radical (unpaired) electrons. The molecule has 2 heterocycles. The van der Waals surface area contributed by atoms with Crippen LogP contribution in [-0.4, -0.2) is 42.8 Å². The van der Waals surface area contributed by atoms with Crippen LogP contribution in [-0.2, 0) is 14.6 Å². The van der Waals surface area contributed by atoms with E-state index in [4.69, 9.17) is 0 Å². The van der Waals surface area contributed by atoms with Gasteiger partial charge in [0.2, 0.25) is 5.91 Å². The summed E-state index contributed by atoms with van der Waals surface area (Å²) in [5.74, 6) is -0.0123. The van der Waals surface area contributed by atoms with Gasteiger partial charge in [-0.15, -0.1) is 0 Å². The maximum atomic E-state index is 12.2. The number of carbonyl (C=O) groups excluding carboxylic acids is 1. The summed E-state index contributed by atoms with van der Waals surface area (Å²) in [5, 5.41) is 0. The number of hydrogen-bond acceptors (Lipinski definition) is 3. The Hall–Kier alpha value is -0.580. The Bertz CT molecular complexity index is 399. The average Bonchev–Trinajstić information content (AvgIpc) is 2.67. The van der Waals surface area contributed by atoms with Gasteiger partial charge in [-0.05, 0) is 33.1 Å². The van der Waals surface area contributed by atoms with Crippen LogP contribution in [0, 0.1) is 5.92 Å². The van der Waals surface area contributed by atoms with Gasteiger partial charge in [-0.2, -0.15) is 0 Å². The van der Waals surface area contributed by atoms with Crippen LogP contribution in [0.5, 0.6) is 0 Å². The predicted molar refractivity (Wildman–Crippen MR) is 61.8 cm³/mol. The highest BCUT2D eigenvalue weighted by Crippen LogP contribution is 2.32. The van der Waals surface area contributed by atoms with Gasteiger partial charge in [0.15, 0.2) is 9.84 Å². The maximum Gasteiger partial charge on any atom is 0.227 e. The van der Waals surface area contributed by atoms with E-state index in [1.54, 1.807) is 0 Å². The molecule has 92 valence electrons. The maximum absolute atomic E-state index is 12.2. The first-order chi connectivity index (χ1) is 7.32. The van der Waals surface area contributed by atoms with Gasteiger partial charge in [0.1, 0.15) is 0 Å². The van der Waals surface area contributed by atoms with E-state index >= 15 is 0 Å². The third-order valence-corrected chi connectivity index (χ3v) is 5.52. The van der Waals surface area contributed by atoms with Crippen molar-refractivity contribution in [2.24, 2.45) is 5.92 Å². The van der Waals surface area contributed by atoms with E-state index in [9.17, 15) is 13.2 Å². The molecule has 0 aromatic rings. The SMILES string of the molecule is CC1(C)CCCN1C(=O)C1CCS(=O)(=O)C1. The molecular formula is C11H19NO3S. The van der Waals surface area contributed by atoms with Crippen LogP contribution in [0.1, 0.15) is 33.1 Å². The molecule has 2 fully saturated rings. The van der Waals surface area contributed by atoms with Crippen molar-refractivity contribution in [3.8, 4) is 0 Å². The standard InChI is InChI=1S/C11H19NO3S/c1-11(2)5-3-6-12(11)10(13)9-4-7-16(14,15)8-9/h9H,3-8H2,1-2H3. The van der Waals surface area contributed by atoms with Crippen LogP contribution >= 0.6 is 0 Å². The number of hydrogen-bond donors (Lipinski definition) is 0. The monoisotopic (exact) mass is 245 g/mol. The molecule has 16 heavy (non-hydrogen) atoms. The fourth-order valence-electron chi connectivity index (χ4n) is 2.73. The zero-order valence-corrected chi connectivity index (χ0v) is 10.7. The van der Waals surface area contributed by atoms with Crippen molar-refractivity contribution in [3.63, 3.8) is 0 Å². The van der Waals surface area contributed by atoms with Gasteiger partial charge in [-0.1, -0.05) is 0 Å². The third-order valence-electron chi connectivity index (χ3n) is 3.75. The summed E-state index contributed by atoms with van der Waals surface area (Å²) in [4.78, 5) is 14.1. The van der Waals surface area contributed by atoms with Gasteiger partial charge < -0.3 is 4.90 Å². The van der Waals surface area contributed by atoms with Crippen molar-refractivity contribution in [2.75, 3.05) is 18.1 Å². The highest BCUT2D eigenvalue weighted by molar-refractivity contribution is 7.91. The molecule has 0 aromatic heterocycles. The van der Waals surface area contributed by atoms with Crippen LogP contribution in [0.4, 0.5) is 0 Å². The highest BCUT2D eigenvalue weighted by Gasteiger charge is 2.41. The second-order valence-corrected chi connectivity index (χ2v) is 7.73. The van der Waals surface area contributed by atoms with Crippen molar-refractivity contribution in [3.05, 3.63) is 0 Å². The van der Waals surface area contributed by atoms with Gasteiger partial charge in [-0.3, -0.25) is 4.79 Å². The number of nitrogens with zero attached hydrogens (tertiary/aromatic N) is 1. The predicted octanol–water partition coefficient (Wildman–Crippen LogP) is 0.822. The lowest BCUT2D eigenvalue weighted by atomic mass is 9.99. The van der Waals surface area contributed by atoms with E-state index in [-0.39, 0.29) is 28.9 Å². The molecule has 1 atom stereocenters. The number of amides is 1. The van der Waals surface area contributed by atoms with E-state index < -0.39 is 9.84 Å². The summed E-state index contributed by atoms with van der Waals surface area (Å²) in [6.45, 7) is 4.89. The molecule has 4 nitrogen and oxygen atoms in total. The first-order valence-corrected chi connectivity index (χ1v) is 7.66. The Morgan fingerprint density at radius 3 is 2.50 bits per heavy atom. The summed E-state index contributed by atoms with van der Waals surface area (Å²) in [5.41, 5.74) is -0.0938. The zero-order valence-electron chi connectivity index (χ0n) is 9.90. The van der Waals surface area contributed by atoms with Gasteiger partial charge in [-0.25, -0.2) is 8.42 Å². The summed E-state index contributed by atoms with van der Waals surface area (Å²) in [7, 11) is -2.95. The number of rotatable bonds is 1. The van der Waals surface area contributed by atoms with Crippen molar-refractivity contribution in [1.82, 2.24) is 4.90 Å². The highest BCUT2D eigenvalue weighted by atomic mass is 32.2. The number of carbonyl (C=O) groups is 1. The third kappa shape index (κ3) is 2.10. The lowest BCUT2D eigenvalue weighted by Gasteiger charge is -2.33. The molecule has 0 N–H and O–H groups in total. The smallest absolute Gasteiger partial charge is 0.227 e. The van der Waals surface area contributed by atoms with Crippen molar-refractivity contribution >= 4 is 15.7 Å². The van der Waals surface area contributed by atoms with Crippen LogP contribution in [0.15, 0.2) is 0 Å². The zero-order chi connectivity index (χ0) is 12.0. The minimum atomic E-state index is -2.95. The molecule has 0 aliphatic carbocycles. The summed E-state index contributed by atoms with van der Waals surface area (Å²) >= 11 is 0. The van der Waals surface area contributed by atoms with E-state index in [0.717, 1.165) is 19.4 Å². The molecule has 2 aliphatic rings. The first-order valence-electron chi connectivity index (χ1n) is 5.84. The molecule has 2 rings (SSSR count). The Labute approximate surface area is 96.9 Å². The van der Waals surface area contributed by atoms with Crippen molar-refractivity contribution in [2.45, 2.75) is 38.6 Å². The van der Waals surface area contributed by atoms with E-state index in [1.165, 1.54) is 0 Å². The van der Waals surface area contributed by atoms with Crippen molar-refractivity contribution in [1.29, 1.82) is 0 Å². The van der Waals surface area contributed by atoms with Crippen LogP contribution in [0.25, 0.3) is 0 Å².